The van der Waals surface area contributed by atoms with Crippen LogP contribution < -0.4 is 0 Å². The van der Waals surface area contributed by atoms with Crippen molar-refractivity contribution in [3.8, 4) is 0 Å². The molecule has 1 aliphatic carbocycles. The molecule has 0 radical (unpaired) electrons. The van der Waals surface area contributed by atoms with Crippen molar-refractivity contribution in [2.45, 2.75) is 65.8 Å². The van der Waals surface area contributed by atoms with Crippen LogP contribution in [0.15, 0.2) is 0 Å². The molecular weight excluding hydrogens is 198 g/mol. The van der Waals surface area contributed by atoms with Gasteiger partial charge in [-0.2, -0.15) is 0 Å². The van der Waals surface area contributed by atoms with E-state index in [9.17, 15) is 4.79 Å². The van der Waals surface area contributed by atoms with Crippen molar-refractivity contribution in [2.75, 3.05) is 13.1 Å². The Morgan fingerprint density at radius 1 is 1.19 bits per heavy atom. The SMILES string of the molecule is CCN(CC(=O)C(C)(C)C)C1CCCCC1. The van der Waals surface area contributed by atoms with E-state index in [1.54, 1.807) is 0 Å². The van der Waals surface area contributed by atoms with Gasteiger partial charge in [-0.25, -0.2) is 0 Å². The molecule has 94 valence electrons. The molecule has 1 saturated carbocycles. The molecule has 1 aliphatic rings. The standard InChI is InChI=1S/C14H27NO/c1-5-15(11-13(16)14(2,3)4)12-9-7-6-8-10-12/h12H,5-11H2,1-4H3. The Balaban J connectivity index is 2.50. The molecule has 16 heavy (non-hydrogen) atoms. The number of nitrogens with zero attached hydrogens (tertiary/aromatic N) is 1. The Kier molecular flexibility index (Phi) is 4.97. The Morgan fingerprint density at radius 2 is 1.75 bits per heavy atom. The molecule has 2 nitrogen and oxygen atoms in total. The molecule has 0 bridgehead atoms. The highest BCUT2D eigenvalue weighted by atomic mass is 16.1. The van der Waals surface area contributed by atoms with Gasteiger partial charge in [-0.15, -0.1) is 0 Å². The van der Waals surface area contributed by atoms with Gasteiger partial charge in [0.1, 0.15) is 0 Å². The lowest BCUT2D eigenvalue weighted by atomic mass is 9.89. The van der Waals surface area contributed by atoms with Crippen molar-refractivity contribution in [2.24, 2.45) is 5.41 Å². The van der Waals surface area contributed by atoms with Gasteiger partial charge in [0.05, 0.1) is 6.54 Å². The van der Waals surface area contributed by atoms with E-state index >= 15 is 0 Å². The maximum atomic E-state index is 12.0. The minimum atomic E-state index is -0.192. The first-order valence-electron chi connectivity index (χ1n) is 6.72. The highest BCUT2D eigenvalue weighted by Gasteiger charge is 2.27. The van der Waals surface area contributed by atoms with Gasteiger partial charge >= 0.3 is 0 Å². The predicted molar refractivity (Wildman–Crippen MR) is 68.6 cm³/mol. The van der Waals surface area contributed by atoms with Gasteiger partial charge in [0.2, 0.25) is 0 Å². The Bertz CT molecular complexity index is 223. The lowest BCUT2D eigenvalue weighted by molar-refractivity contribution is -0.128. The van der Waals surface area contributed by atoms with Crippen molar-refractivity contribution < 1.29 is 4.79 Å². The molecule has 0 spiro atoms. The van der Waals surface area contributed by atoms with Gasteiger partial charge in [0.15, 0.2) is 5.78 Å². The number of hydrogen-bond donors (Lipinski definition) is 0. The second-order valence-electron chi connectivity index (χ2n) is 6.03. The van der Waals surface area contributed by atoms with E-state index in [0.717, 1.165) is 6.54 Å². The lowest BCUT2D eigenvalue weighted by Gasteiger charge is -2.34. The fourth-order valence-electron chi connectivity index (χ4n) is 2.37. The van der Waals surface area contributed by atoms with Gasteiger partial charge in [0, 0.05) is 11.5 Å². The van der Waals surface area contributed by atoms with Crippen LogP contribution in [-0.4, -0.2) is 29.8 Å². The zero-order valence-corrected chi connectivity index (χ0v) is 11.4. The summed E-state index contributed by atoms with van der Waals surface area (Å²) in [6, 6.07) is 0.657. The second-order valence-corrected chi connectivity index (χ2v) is 6.03. The van der Waals surface area contributed by atoms with Crippen molar-refractivity contribution in [3.63, 3.8) is 0 Å². The largest absolute Gasteiger partial charge is 0.298 e. The molecule has 0 saturated heterocycles. The van der Waals surface area contributed by atoms with Crippen LogP contribution >= 0.6 is 0 Å². The van der Waals surface area contributed by atoms with Crippen molar-refractivity contribution >= 4 is 5.78 Å². The van der Waals surface area contributed by atoms with Gasteiger partial charge in [-0.05, 0) is 19.4 Å². The summed E-state index contributed by atoms with van der Waals surface area (Å²) in [4.78, 5) is 14.4. The quantitative estimate of drug-likeness (QED) is 0.732. The maximum Gasteiger partial charge on any atom is 0.152 e. The van der Waals surface area contributed by atoms with Crippen LogP contribution in [0, 0.1) is 5.41 Å². The fraction of sp³-hybridized carbons (Fsp3) is 0.929. The zero-order valence-electron chi connectivity index (χ0n) is 11.4. The van der Waals surface area contributed by atoms with Crippen LogP contribution in [0.2, 0.25) is 0 Å². The first-order valence-corrected chi connectivity index (χ1v) is 6.72. The van der Waals surface area contributed by atoms with E-state index < -0.39 is 0 Å². The number of carbonyl (C=O) groups is 1. The van der Waals surface area contributed by atoms with E-state index in [4.69, 9.17) is 0 Å². The first-order chi connectivity index (χ1) is 7.45. The van der Waals surface area contributed by atoms with Crippen molar-refractivity contribution in [1.82, 2.24) is 4.90 Å². The molecule has 2 heteroatoms. The minimum Gasteiger partial charge on any atom is -0.298 e. The predicted octanol–water partition coefficient (Wildman–Crippen LogP) is 3.26. The number of likely N-dealkylation sites (N-methyl/N-ethyl adjacent to an activating group) is 1. The average molecular weight is 225 g/mol. The van der Waals surface area contributed by atoms with Crippen LogP contribution in [0.3, 0.4) is 0 Å². The molecule has 1 fully saturated rings. The average Bonchev–Trinajstić information content (AvgIpc) is 2.25. The Hall–Kier alpha value is -0.370. The van der Waals surface area contributed by atoms with E-state index in [1.165, 1.54) is 32.1 Å². The lowest BCUT2D eigenvalue weighted by Crippen LogP contribution is -2.42. The number of carbonyl (C=O) groups excluding carboxylic acids is 1. The molecule has 0 heterocycles. The maximum absolute atomic E-state index is 12.0. The normalized spacial score (nSPS) is 19.1. The molecule has 0 aromatic heterocycles. The topological polar surface area (TPSA) is 20.3 Å². The van der Waals surface area contributed by atoms with Crippen LogP contribution in [0.4, 0.5) is 0 Å². The molecule has 0 aliphatic heterocycles. The van der Waals surface area contributed by atoms with Crippen molar-refractivity contribution in [3.05, 3.63) is 0 Å². The summed E-state index contributed by atoms with van der Waals surface area (Å²) < 4.78 is 0. The highest BCUT2D eigenvalue weighted by molar-refractivity contribution is 5.85. The summed E-state index contributed by atoms with van der Waals surface area (Å²) in [5.74, 6) is 0.375. The molecular formula is C14H27NO. The number of rotatable bonds is 4. The van der Waals surface area contributed by atoms with Gasteiger partial charge in [0.25, 0.3) is 0 Å². The van der Waals surface area contributed by atoms with E-state index in [2.05, 4.69) is 11.8 Å². The third-order valence-electron chi connectivity index (χ3n) is 3.68. The highest BCUT2D eigenvalue weighted by Crippen LogP contribution is 2.24. The molecule has 1 rings (SSSR count). The minimum absolute atomic E-state index is 0.192. The summed E-state index contributed by atoms with van der Waals surface area (Å²) in [6.45, 7) is 9.87. The molecule has 0 aromatic rings. The summed E-state index contributed by atoms with van der Waals surface area (Å²) in [5.41, 5.74) is -0.192. The smallest absolute Gasteiger partial charge is 0.152 e. The molecule has 0 N–H and O–H groups in total. The Labute approximate surface area is 100 Å². The number of hydrogen-bond acceptors (Lipinski definition) is 2. The Morgan fingerprint density at radius 3 is 2.19 bits per heavy atom. The van der Waals surface area contributed by atoms with Crippen LogP contribution in [0.5, 0.6) is 0 Å². The van der Waals surface area contributed by atoms with Gasteiger partial charge < -0.3 is 0 Å². The molecule has 0 amide bonds. The van der Waals surface area contributed by atoms with Crippen LogP contribution in [-0.2, 0) is 4.79 Å². The fourth-order valence-corrected chi connectivity index (χ4v) is 2.37. The molecule has 0 unspecified atom stereocenters. The summed E-state index contributed by atoms with van der Waals surface area (Å²) >= 11 is 0. The second kappa shape index (κ2) is 5.81. The monoisotopic (exact) mass is 225 g/mol. The van der Waals surface area contributed by atoms with E-state index in [-0.39, 0.29) is 5.41 Å². The van der Waals surface area contributed by atoms with Gasteiger partial charge in [-0.1, -0.05) is 47.0 Å². The third kappa shape index (κ3) is 3.89. The van der Waals surface area contributed by atoms with E-state index in [1.807, 2.05) is 20.8 Å². The van der Waals surface area contributed by atoms with Crippen LogP contribution in [0.25, 0.3) is 0 Å². The summed E-state index contributed by atoms with van der Waals surface area (Å²) in [6.07, 6.45) is 6.62. The molecule has 0 aromatic carbocycles. The number of Topliss-reactive ketones (excluding diaryl/α,β-unsaturated/α-hetero) is 1. The van der Waals surface area contributed by atoms with E-state index in [0.29, 0.717) is 18.4 Å². The van der Waals surface area contributed by atoms with Gasteiger partial charge in [-0.3, -0.25) is 9.69 Å². The third-order valence-corrected chi connectivity index (χ3v) is 3.68. The number of ketones is 1. The zero-order chi connectivity index (χ0) is 12.2. The first kappa shape index (κ1) is 13.7. The van der Waals surface area contributed by atoms with Crippen molar-refractivity contribution in [1.29, 1.82) is 0 Å². The molecule has 0 atom stereocenters. The van der Waals surface area contributed by atoms with Crippen LogP contribution in [0.1, 0.15) is 59.8 Å². The summed E-state index contributed by atoms with van der Waals surface area (Å²) in [7, 11) is 0. The summed E-state index contributed by atoms with van der Waals surface area (Å²) in [5, 5.41) is 0.